The zero-order chi connectivity index (χ0) is 15.6. The first-order valence-corrected chi connectivity index (χ1v) is 7.06. The maximum Gasteiger partial charge on any atom is 0.293 e. The minimum Gasteiger partial charge on any atom is -0.495 e. The number of nitrogens with one attached hydrogen (secondary N) is 2. The molecule has 112 valence electrons. The number of nitrogens with two attached hydrogens (primary N) is 2. The number of aromatic nitrogens is 3. The van der Waals surface area contributed by atoms with Crippen molar-refractivity contribution >= 4 is 27.6 Å². The molecular formula is C10H12N6O4S. The van der Waals surface area contributed by atoms with Crippen molar-refractivity contribution in [3.8, 4) is 5.75 Å². The Bertz CT molecular complexity index is 785. The zero-order valence-corrected chi connectivity index (χ0v) is 11.6. The van der Waals surface area contributed by atoms with E-state index in [1.807, 2.05) is 0 Å². The number of methoxy groups -OCH3 is 1. The first-order valence-electron chi connectivity index (χ1n) is 5.51. The van der Waals surface area contributed by atoms with Crippen molar-refractivity contribution in [1.29, 1.82) is 0 Å². The van der Waals surface area contributed by atoms with Gasteiger partial charge in [0.15, 0.2) is 0 Å². The number of sulfonamides is 1. The molecule has 0 saturated carbocycles. The second-order valence-corrected chi connectivity index (χ2v) is 5.46. The molecule has 6 N–H and O–H groups in total. The number of nitrogens with zero attached hydrogens (tertiary/aromatic N) is 2. The lowest BCUT2D eigenvalue weighted by atomic mass is 10.3. The topological polar surface area (TPSA) is 166 Å². The number of amides is 1. The molecular weight excluding hydrogens is 300 g/mol. The quantitative estimate of drug-likeness (QED) is 0.578. The molecule has 0 bridgehead atoms. The van der Waals surface area contributed by atoms with Gasteiger partial charge in [-0.05, 0) is 18.2 Å². The molecule has 2 rings (SSSR count). The van der Waals surface area contributed by atoms with Crippen molar-refractivity contribution in [2.75, 3.05) is 18.2 Å². The molecule has 1 aromatic heterocycles. The van der Waals surface area contributed by atoms with Crippen LogP contribution in [0.3, 0.4) is 0 Å². The van der Waals surface area contributed by atoms with Gasteiger partial charge >= 0.3 is 0 Å². The van der Waals surface area contributed by atoms with Crippen LogP contribution in [0.1, 0.15) is 10.6 Å². The number of rotatable bonds is 4. The van der Waals surface area contributed by atoms with Crippen molar-refractivity contribution < 1.29 is 17.9 Å². The second kappa shape index (κ2) is 5.38. The lowest BCUT2D eigenvalue weighted by molar-refractivity contribution is 0.101. The van der Waals surface area contributed by atoms with Crippen molar-refractivity contribution in [2.45, 2.75) is 4.90 Å². The SMILES string of the molecule is COc1ccc(S(N)(=O)=O)cc1NC(=O)c1nc(N)n[nH]1. The third kappa shape index (κ3) is 3.27. The number of carbonyl (C=O) groups is 1. The number of aromatic amines is 1. The minimum atomic E-state index is -3.91. The van der Waals surface area contributed by atoms with Gasteiger partial charge in [-0.2, -0.15) is 4.98 Å². The van der Waals surface area contributed by atoms with Crippen LogP contribution in [0.5, 0.6) is 5.75 Å². The molecule has 0 aliphatic carbocycles. The van der Waals surface area contributed by atoms with Gasteiger partial charge in [-0.1, -0.05) is 0 Å². The van der Waals surface area contributed by atoms with Crippen LogP contribution < -0.4 is 20.9 Å². The van der Waals surface area contributed by atoms with Crippen LogP contribution in [-0.4, -0.2) is 36.6 Å². The first kappa shape index (κ1) is 14.7. The lowest BCUT2D eigenvalue weighted by Crippen LogP contribution is -2.16. The molecule has 1 aromatic carbocycles. The van der Waals surface area contributed by atoms with Gasteiger partial charge in [0.2, 0.25) is 21.8 Å². The Balaban J connectivity index is 2.36. The fraction of sp³-hybridized carbons (Fsp3) is 0.100. The molecule has 21 heavy (non-hydrogen) atoms. The number of ether oxygens (including phenoxy) is 1. The van der Waals surface area contributed by atoms with Crippen molar-refractivity contribution in [3.05, 3.63) is 24.0 Å². The summed E-state index contributed by atoms with van der Waals surface area (Å²) in [5.41, 5.74) is 5.41. The Morgan fingerprint density at radius 2 is 2.14 bits per heavy atom. The van der Waals surface area contributed by atoms with Crippen molar-refractivity contribution in [1.82, 2.24) is 15.2 Å². The van der Waals surface area contributed by atoms with Crippen LogP contribution in [0.2, 0.25) is 0 Å². The molecule has 10 nitrogen and oxygen atoms in total. The molecule has 0 fully saturated rings. The smallest absolute Gasteiger partial charge is 0.293 e. The van der Waals surface area contributed by atoms with Crippen molar-refractivity contribution in [2.24, 2.45) is 5.14 Å². The highest BCUT2D eigenvalue weighted by atomic mass is 32.2. The molecule has 0 unspecified atom stereocenters. The number of hydrogen-bond acceptors (Lipinski definition) is 7. The van der Waals surface area contributed by atoms with Crippen LogP contribution >= 0.6 is 0 Å². The molecule has 0 saturated heterocycles. The van der Waals surface area contributed by atoms with E-state index < -0.39 is 15.9 Å². The van der Waals surface area contributed by atoms with Gasteiger partial charge in [-0.15, -0.1) is 5.10 Å². The number of H-pyrrole nitrogens is 1. The third-order valence-electron chi connectivity index (χ3n) is 2.47. The zero-order valence-electron chi connectivity index (χ0n) is 10.8. The van der Waals surface area contributed by atoms with Crippen molar-refractivity contribution in [3.63, 3.8) is 0 Å². The van der Waals surface area contributed by atoms with Gasteiger partial charge in [0.1, 0.15) is 5.75 Å². The summed E-state index contributed by atoms with van der Waals surface area (Å²) in [5, 5.41) is 13.3. The molecule has 0 aliphatic heterocycles. The van der Waals surface area contributed by atoms with Crippen LogP contribution in [-0.2, 0) is 10.0 Å². The fourth-order valence-corrected chi connectivity index (χ4v) is 2.06. The second-order valence-electron chi connectivity index (χ2n) is 3.90. The summed E-state index contributed by atoms with van der Waals surface area (Å²) in [6.45, 7) is 0. The number of primary sulfonamides is 1. The Labute approximate surface area is 119 Å². The van der Waals surface area contributed by atoms with Crippen LogP contribution in [0.25, 0.3) is 0 Å². The molecule has 0 spiro atoms. The monoisotopic (exact) mass is 312 g/mol. The average molecular weight is 312 g/mol. The molecule has 11 heteroatoms. The predicted molar refractivity (Wildman–Crippen MR) is 73.1 cm³/mol. The van der Waals surface area contributed by atoms with Gasteiger partial charge < -0.3 is 15.8 Å². The summed E-state index contributed by atoms with van der Waals surface area (Å²) in [7, 11) is -2.54. The van der Waals surface area contributed by atoms with E-state index in [1.165, 1.54) is 25.3 Å². The highest BCUT2D eigenvalue weighted by Gasteiger charge is 2.16. The minimum absolute atomic E-state index is 0.0922. The van der Waals surface area contributed by atoms with E-state index in [4.69, 9.17) is 15.6 Å². The Morgan fingerprint density at radius 1 is 1.43 bits per heavy atom. The normalized spacial score (nSPS) is 11.1. The van der Waals surface area contributed by atoms with E-state index >= 15 is 0 Å². The molecule has 1 heterocycles. The maximum absolute atomic E-state index is 11.9. The number of benzene rings is 1. The van der Waals surface area contributed by atoms with E-state index in [0.717, 1.165) is 0 Å². The van der Waals surface area contributed by atoms with E-state index in [-0.39, 0.29) is 28.1 Å². The average Bonchev–Trinajstić information content (AvgIpc) is 2.84. The van der Waals surface area contributed by atoms with E-state index in [1.54, 1.807) is 0 Å². The maximum atomic E-state index is 11.9. The number of anilines is 2. The molecule has 0 aliphatic rings. The molecule has 1 amide bonds. The van der Waals surface area contributed by atoms with Gasteiger partial charge in [-0.3, -0.25) is 9.89 Å². The highest BCUT2D eigenvalue weighted by Crippen LogP contribution is 2.27. The largest absolute Gasteiger partial charge is 0.495 e. The van der Waals surface area contributed by atoms with Gasteiger partial charge in [0, 0.05) is 0 Å². The molecule has 0 radical (unpaired) electrons. The van der Waals surface area contributed by atoms with Gasteiger partial charge in [0.25, 0.3) is 5.91 Å². The Hall–Kier alpha value is -2.66. The fourth-order valence-electron chi connectivity index (χ4n) is 1.52. The predicted octanol–water partition coefficient (Wildman–Crippen LogP) is -0.705. The summed E-state index contributed by atoms with van der Waals surface area (Å²) in [6, 6.07) is 3.80. The van der Waals surface area contributed by atoms with E-state index in [2.05, 4.69) is 20.5 Å². The van der Waals surface area contributed by atoms with Gasteiger partial charge in [-0.25, -0.2) is 13.6 Å². The molecule has 2 aromatic rings. The molecule has 0 atom stereocenters. The Morgan fingerprint density at radius 3 is 2.67 bits per heavy atom. The third-order valence-corrected chi connectivity index (χ3v) is 3.38. The van der Waals surface area contributed by atoms with Crippen LogP contribution in [0.4, 0.5) is 11.6 Å². The van der Waals surface area contributed by atoms with Gasteiger partial charge in [0.05, 0.1) is 17.7 Å². The summed E-state index contributed by atoms with van der Waals surface area (Å²) in [6.07, 6.45) is 0. The number of hydrogen-bond donors (Lipinski definition) is 4. The highest BCUT2D eigenvalue weighted by molar-refractivity contribution is 7.89. The van der Waals surface area contributed by atoms with Crippen LogP contribution in [0, 0.1) is 0 Å². The van der Waals surface area contributed by atoms with Crippen LogP contribution in [0.15, 0.2) is 23.1 Å². The lowest BCUT2D eigenvalue weighted by Gasteiger charge is -2.10. The Kier molecular flexibility index (Phi) is 3.78. The van der Waals surface area contributed by atoms with E-state index in [9.17, 15) is 13.2 Å². The summed E-state index contributed by atoms with van der Waals surface area (Å²) < 4.78 is 27.7. The summed E-state index contributed by atoms with van der Waals surface area (Å²) >= 11 is 0. The summed E-state index contributed by atoms with van der Waals surface area (Å²) in [5.74, 6) is -0.631. The standard InChI is InChI=1S/C10H12N6O4S/c1-20-7-3-2-5(21(12,18)19)4-6(7)13-9(17)8-14-10(11)16-15-8/h2-4H,1H3,(H,13,17)(H2,12,18,19)(H3,11,14,15,16). The first-order chi connectivity index (χ1) is 9.81. The number of carbonyl (C=O) groups excluding carboxylic acids is 1. The van der Waals surface area contributed by atoms with E-state index in [0.29, 0.717) is 0 Å². The number of nitrogen functional groups attached to an aromatic ring is 1. The summed E-state index contributed by atoms with van der Waals surface area (Å²) in [4.78, 5) is 15.4.